The average Bonchev–Trinajstić information content (AvgIpc) is 1.56. The second-order valence-corrected chi connectivity index (χ2v) is 4.85. The molecule has 0 spiro atoms. The van der Waals surface area contributed by atoms with Crippen LogP contribution in [0.2, 0.25) is 0 Å². The Bertz CT molecular complexity index is 249. The van der Waals surface area contributed by atoms with Gasteiger partial charge >= 0.3 is 48.9 Å². The molecule has 0 aliphatic heterocycles. The summed E-state index contributed by atoms with van der Waals surface area (Å²) in [6, 6.07) is 0. The van der Waals surface area contributed by atoms with Gasteiger partial charge in [0.05, 0.1) is 0 Å². The van der Waals surface area contributed by atoms with Crippen molar-refractivity contribution in [2.45, 2.75) is 20.8 Å². The Morgan fingerprint density at radius 1 is 1.33 bits per heavy atom. The summed E-state index contributed by atoms with van der Waals surface area (Å²) in [7, 11) is -4.16. The third-order valence-corrected chi connectivity index (χ3v) is 1.78. The molecule has 0 aromatic heterocycles. The van der Waals surface area contributed by atoms with Crippen LogP contribution in [0.3, 0.4) is 0 Å². The predicted octanol–water partition coefficient (Wildman–Crippen LogP) is 0.109. The van der Waals surface area contributed by atoms with Crippen molar-refractivity contribution in [2.75, 3.05) is 5.75 Å². The van der Waals surface area contributed by atoms with Crippen LogP contribution in [0.5, 0.6) is 0 Å². The van der Waals surface area contributed by atoms with Crippen molar-refractivity contribution in [1.29, 1.82) is 0 Å². The molecule has 0 fully saturated rings. The largest absolute Gasteiger partial charge is 2.00 e. The van der Waals surface area contributed by atoms with E-state index in [0.29, 0.717) is 0 Å². The first-order valence-electron chi connectivity index (χ1n) is 3.11. The summed E-state index contributed by atoms with van der Waals surface area (Å²) in [4.78, 5) is 10.9. The van der Waals surface area contributed by atoms with Crippen molar-refractivity contribution in [3.63, 3.8) is 0 Å². The van der Waals surface area contributed by atoms with E-state index in [2.05, 4.69) is 0 Å². The van der Waals surface area contributed by atoms with Crippen molar-refractivity contribution in [2.24, 2.45) is 5.41 Å². The number of carbonyl (C=O) groups is 1. The molecule has 12 heavy (non-hydrogen) atoms. The number of ketones is 1. The summed E-state index contributed by atoms with van der Waals surface area (Å²) in [6.07, 6.45) is 0. The minimum Gasteiger partial charge on any atom is -0.298 e. The van der Waals surface area contributed by atoms with Crippen LogP contribution in [0.4, 0.5) is 0 Å². The molecule has 0 radical (unpaired) electrons. The predicted molar refractivity (Wildman–Crippen MR) is 46.6 cm³/mol. The summed E-state index contributed by atoms with van der Waals surface area (Å²) >= 11 is 0. The topological polar surface area (TPSA) is 71.4 Å². The van der Waals surface area contributed by atoms with E-state index in [1.54, 1.807) is 20.8 Å². The van der Waals surface area contributed by atoms with E-state index in [1.807, 2.05) is 0 Å². The molecule has 0 heterocycles. The molecule has 0 aromatic carbocycles. The zero-order chi connectivity index (χ0) is 9.28. The molecule has 0 aliphatic carbocycles. The molecule has 0 amide bonds. The van der Waals surface area contributed by atoms with Crippen molar-refractivity contribution in [3.8, 4) is 0 Å². The zero-order valence-electron chi connectivity index (χ0n) is 7.49. The van der Waals surface area contributed by atoms with E-state index >= 15 is 0 Å². The van der Waals surface area contributed by atoms with Gasteiger partial charge in [-0.25, -0.2) is 0 Å². The van der Waals surface area contributed by atoms with Gasteiger partial charge in [-0.2, -0.15) is 8.42 Å². The van der Waals surface area contributed by atoms with Crippen LogP contribution in [0.1, 0.15) is 20.8 Å². The maximum atomic E-state index is 10.9. The summed E-state index contributed by atoms with van der Waals surface area (Å²) in [5.74, 6) is -1.28. The second-order valence-electron chi connectivity index (χ2n) is 3.40. The van der Waals surface area contributed by atoms with Crippen LogP contribution in [-0.4, -0.2) is 73.4 Å². The van der Waals surface area contributed by atoms with Gasteiger partial charge in [-0.05, 0) is 0 Å². The van der Waals surface area contributed by atoms with Gasteiger partial charge in [-0.3, -0.25) is 9.35 Å². The first-order chi connectivity index (χ1) is 4.63. The molecule has 1 N–H and O–H groups in total. The monoisotopic (exact) mass is 318 g/mol. The van der Waals surface area contributed by atoms with Crippen LogP contribution >= 0.6 is 0 Å². The second kappa shape index (κ2) is 5.14. The van der Waals surface area contributed by atoms with Crippen molar-refractivity contribution in [1.82, 2.24) is 0 Å². The first-order valence-corrected chi connectivity index (χ1v) is 4.72. The van der Waals surface area contributed by atoms with E-state index in [4.69, 9.17) is 4.55 Å². The fraction of sp³-hybridized carbons (Fsp3) is 0.833. The molecule has 0 atom stereocenters. The number of carbonyl (C=O) groups excluding carboxylic acids is 1. The Morgan fingerprint density at radius 2 is 1.67 bits per heavy atom. The molecule has 0 aliphatic rings. The summed E-state index contributed by atoms with van der Waals surface area (Å²) in [6.45, 7) is 4.79. The Balaban J connectivity index is 0. The van der Waals surface area contributed by atoms with Gasteiger partial charge < -0.3 is 0 Å². The van der Waals surface area contributed by atoms with Crippen molar-refractivity contribution >= 4 is 64.8 Å². The fourth-order valence-electron chi connectivity index (χ4n) is 0.382. The molecule has 0 saturated carbocycles. The van der Waals surface area contributed by atoms with Gasteiger partial charge in [0.15, 0.2) is 5.78 Å². The van der Waals surface area contributed by atoms with Crippen LogP contribution in [0.15, 0.2) is 0 Å². The minimum absolute atomic E-state index is 0. The van der Waals surface area contributed by atoms with Gasteiger partial charge in [-0.15, -0.1) is 0 Å². The Kier molecular flexibility index (Phi) is 6.68. The molecular formula is C6H12BaO4S+2. The summed E-state index contributed by atoms with van der Waals surface area (Å²) < 4.78 is 28.7. The first kappa shape index (κ1) is 15.6. The molecule has 6 heteroatoms. The standard InChI is InChI=1S/C6H12O4S.Ba/c1-6(2,3)5(7)4-11(8,9)10;/h4H2,1-3H3,(H,8,9,10);/q;+2. The normalized spacial score (nSPS) is 12.0. The fourth-order valence-corrected chi connectivity index (χ4v) is 1.15. The van der Waals surface area contributed by atoms with Crippen LogP contribution in [0.25, 0.3) is 0 Å². The SMILES string of the molecule is CC(C)(C)C(=O)CS(=O)(=O)O.[Ba+2]. The Hall–Kier alpha value is 1.15. The smallest absolute Gasteiger partial charge is 0.298 e. The summed E-state index contributed by atoms with van der Waals surface area (Å²) in [5, 5.41) is 0. The van der Waals surface area contributed by atoms with Gasteiger partial charge in [0, 0.05) is 5.41 Å². The molecule has 0 unspecified atom stereocenters. The molecule has 0 bridgehead atoms. The number of Topliss-reactive ketones (excluding diaryl/α,β-unsaturated/α-hetero) is 1. The molecule has 0 aromatic rings. The number of hydrogen-bond donors (Lipinski definition) is 1. The molecule has 66 valence electrons. The Labute approximate surface area is 113 Å². The number of rotatable bonds is 2. The van der Waals surface area contributed by atoms with E-state index in [-0.39, 0.29) is 48.9 Å². The van der Waals surface area contributed by atoms with Crippen molar-refractivity contribution in [3.05, 3.63) is 0 Å². The zero-order valence-corrected chi connectivity index (χ0v) is 12.8. The van der Waals surface area contributed by atoms with Crippen LogP contribution in [0, 0.1) is 5.41 Å². The van der Waals surface area contributed by atoms with Crippen LogP contribution in [-0.2, 0) is 14.9 Å². The third-order valence-electron chi connectivity index (χ3n) is 1.15. The minimum atomic E-state index is -4.16. The molecule has 0 saturated heterocycles. The van der Waals surface area contributed by atoms with E-state index < -0.39 is 27.1 Å². The third kappa shape index (κ3) is 7.78. The van der Waals surface area contributed by atoms with E-state index in [0.717, 1.165) is 0 Å². The van der Waals surface area contributed by atoms with E-state index in [9.17, 15) is 13.2 Å². The quantitative estimate of drug-likeness (QED) is 0.579. The molecule has 4 nitrogen and oxygen atoms in total. The van der Waals surface area contributed by atoms with Gasteiger partial charge in [-0.1, -0.05) is 20.8 Å². The molecular weight excluding hydrogens is 305 g/mol. The van der Waals surface area contributed by atoms with Gasteiger partial charge in [0.25, 0.3) is 10.1 Å². The maximum absolute atomic E-state index is 10.9. The van der Waals surface area contributed by atoms with Crippen molar-refractivity contribution < 1.29 is 17.8 Å². The van der Waals surface area contributed by atoms with Gasteiger partial charge in [0.1, 0.15) is 5.75 Å². The van der Waals surface area contributed by atoms with Crippen LogP contribution < -0.4 is 0 Å². The van der Waals surface area contributed by atoms with E-state index in [1.165, 1.54) is 0 Å². The van der Waals surface area contributed by atoms with Gasteiger partial charge in [0.2, 0.25) is 0 Å². The average molecular weight is 318 g/mol. The molecule has 0 rings (SSSR count). The number of hydrogen-bond acceptors (Lipinski definition) is 3. The summed E-state index contributed by atoms with van der Waals surface area (Å²) in [5.41, 5.74) is -0.712. The Morgan fingerprint density at radius 3 is 1.75 bits per heavy atom. The maximum Gasteiger partial charge on any atom is 2.00 e.